The SMILES string of the molecule is Cc1csc(SCC(C(=O)O)C(F)(F)F)n1. The Kier molecular flexibility index (Phi) is 4.20. The smallest absolute Gasteiger partial charge is 0.403 e. The lowest BCUT2D eigenvalue weighted by molar-refractivity contribution is -0.188. The lowest BCUT2D eigenvalue weighted by atomic mass is 10.2. The van der Waals surface area contributed by atoms with Crippen LogP contribution in [0.4, 0.5) is 13.2 Å². The summed E-state index contributed by atoms with van der Waals surface area (Å²) in [5.41, 5.74) is 0.714. The third-order valence-corrected chi connectivity index (χ3v) is 3.90. The molecule has 0 bridgehead atoms. The Morgan fingerprint density at radius 3 is 2.69 bits per heavy atom. The van der Waals surface area contributed by atoms with Crippen LogP contribution in [0.3, 0.4) is 0 Å². The molecule has 1 aromatic rings. The van der Waals surface area contributed by atoms with Gasteiger partial charge in [-0.25, -0.2) is 4.98 Å². The van der Waals surface area contributed by atoms with E-state index in [0.717, 1.165) is 11.8 Å². The van der Waals surface area contributed by atoms with Crippen LogP contribution in [0.5, 0.6) is 0 Å². The Bertz CT molecular complexity index is 378. The Hall–Kier alpha value is -0.760. The summed E-state index contributed by atoms with van der Waals surface area (Å²) >= 11 is 2.02. The second-order valence-electron chi connectivity index (χ2n) is 3.00. The number of thioether (sulfide) groups is 1. The van der Waals surface area contributed by atoms with Crippen molar-refractivity contribution in [1.29, 1.82) is 0 Å². The van der Waals surface area contributed by atoms with Crippen LogP contribution >= 0.6 is 23.1 Å². The number of hydrogen-bond acceptors (Lipinski definition) is 4. The highest BCUT2D eigenvalue weighted by Gasteiger charge is 2.45. The largest absolute Gasteiger partial charge is 0.481 e. The molecule has 8 heteroatoms. The van der Waals surface area contributed by atoms with Gasteiger partial charge < -0.3 is 5.11 Å². The maximum absolute atomic E-state index is 12.3. The van der Waals surface area contributed by atoms with Gasteiger partial charge in [-0.3, -0.25) is 4.79 Å². The summed E-state index contributed by atoms with van der Waals surface area (Å²) in [6, 6.07) is 0. The van der Waals surface area contributed by atoms with E-state index in [1.807, 2.05) is 0 Å². The van der Waals surface area contributed by atoms with E-state index in [1.165, 1.54) is 11.3 Å². The van der Waals surface area contributed by atoms with Gasteiger partial charge in [0, 0.05) is 16.8 Å². The van der Waals surface area contributed by atoms with Crippen LogP contribution in [0, 0.1) is 12.8 Å². The van der Waals surface area contributed by atoms with Crippen LogP contribution in [0.2, 0.25) is 0 Å². The van der Waals surface area contributed by atoms with Crippen LogP contribution in [0.1, 0.15) is 5.69 Å². The zero-order chi connectivity index (χ0) is 12.3. The number of nitrogens with zero attached hydrogens (tertiary/aromatic N) is 1. The Balaban J connectivity index is 2.61. The number of carbonyl (C=O) groups is 1. The first-order chi connectivity index (χ1) is 7.30. The van der Waals surface area contributed by atoms with E-state index in [-0.39, 0.29) is 0 Å². The molecule has 0 amide bonds. The third-order valence-electron chi connectivity index (χ3n) is 1.66. The van der Waals surface area contributed by atoms with Gasteiger partial charge in [0.1, 0.15) is 4.34 Å². The fraction of sp³-hybridized carbons (Fsp3) is 0.500. The molecule has 0 aliphatic heterocycles. The van der Waals surface area contributed by atoms with E-state index < -0.39 is 23.8 Å². The molecule has 0 aromatic carbocycles. The number of aliphatic carboxylic acids is 1. The molecule has 1 atom stereocenters. The van der Waals surface area contributed by atoms with Crippen molar-refractivity contribution in [3.63, 3.8) is 0 Å². The maximum Gasteiger partial charge on any atom is 0.403 e. The third kappa shape index (κ3) is 3.67. The summed E-state index contributed by atoms with van der Waals surface area (Å²) in [6.45, 7) is 1.72. The molecule has 0 aliphatic rings. The van der Waals surface area contributed by atoms with Crippen molar-refractivity contribution in [3.8, 4) is 0 Å². The monoisotopic (exact) mass is 271 g/mol. The van der Waals surface area contributed by atoms with Crippen molar-refractivity contribution in [1.82, 2.24) is 4.98 Å². The highest BCUT2D eigenvalue weighted by molar-refractivity contribution is 8.01. The standard InChI is InChI=1S/C8H8F3NO2S2/c1-4-2-15-7(12-4)16-3-5(6(13)14)8(9,10)11/h2,5H,3H2,1H3,(H,13,14). The lowest BCUT2D eigenvalue weighted by Crippen LogP contribution is -2.32. The van der Waals surface area contributed by atoms with Crippen molar-refractivity contribution < 1.29 is 23.1 Å². The summed E-state index contributed by atoms with van der Waals surface area (Å²) in [7, 11) is 0. The molecule has 16 heavy (non-hydrogen) atoms. The average Bonchev–Trinajstić information content (AvgIpc) is 2.48. The molecule has 1 aromatic heterocycles. The van der Waals surface area contributed by atoms with Gasteiger partial charge in [0.2, 0.25) is 0 Å². The van der Waals surface area contributed by atoms with Crippen molar-refractivity contribution in [3.05, 3.63) is 11.1 Å². The molecule has 1 heterocycles. The Labute approximate surface area is 97.7 Å². The van der Waals surface area contributed by atoms with Gasteiger partial charge in [0.05, 0.1) is 0 Å². The zero-order valence-corrected chi connectivity index (χ0v) is 9.75. The molecular formula is C8H8F3NO2S2. The van der Waals surface area contributed by atoms with Crippen LogP contribution in [0.15, 0.2) is 9.72 Å². The number of halogens is 3. The van der Waals surface area contributed by atoms with E-state index in [1.54, 1.807) is 12.3 Å². The van der Waals surface area contributed by atoms with Crippen LogP contribution in [0.25, 0.3) is 0 Å². The predicted molar refractivity (Wildman–Crippen MR) is 54.8 cm³/mol. The average molecular weight is 271 g/mol. The number of thiazole rings is 1. The van der Waals surface area contributed by atoms with E-state index in [0.29, 0.717) is 10.0 Å². The fourth-order valence-electron chi connectivity index (χ4n) is 0.859. The van der Waals surface area contributed by atoms with Gasteiger partial charge in [0.25, 0.3) is 0 Å². The molecule has 3 nitrogen and oxygen atoms in total. The predicted octanol–water partition coefficient (Wildman–Crippen LogP) is 2.81. The molecule has 0 spiro atoms. The van der Waals surface area contributed by atoms with Crippen molar-refractivity contribution in [2.45, 2.75) is 17.4 Å². The lowest BCUT2D eigenvalue weighted by Gasteiger charge is -2.14. The summed E-state index contributed by atoms with van der Waals surface area (Å²) in [6.07, 6.45) is -4.72. The van der Waals surface area contributed by atoms with Gasteiger partial charge in [0.15, 0.2) is 5.92 Å². The van der Waals surface area contributed by atoms with E-state index in [2.05, 4.69) is 4.98 Å². The Morgan fingerprint density at radius 1 is 1.69 bits per heavy atom. The zero-order valence-electron chi connectivity index (χ0n) is 8.11. The number of aryl methyl sites for hydroxylation is 1. The molecular weight excluding hydrogens is 263 g/mol. The normalized spacial score (nSPS) is 13.8. The number of rotatable bonds is 4. The summed E-state index contributed by atoms with van der Waals surface area (Å²) in [4.78, 5) is 14.4. The van der Waals surface area contributed by atoms with Crippen molar-refractivity contribution in [2.75, 3.05) is 5.75 Å². The second-order valence-corrected chi connectivity index (χ2v) is 5.12. The van der Waals surface area contributed by atoms with E-state index in [9.17, 15) is 18.0 Å². The number of carboxylic acids is 1. The van der Waals surface area contributed by atoms with Gasteiger partial charge in [-0.05, 0) is 6.92 Å². The van der Waals surface area contributed by atoms with Crippen LogP contribution < -0.4 is 0 Å². The highest BCUT2D eigenvalue weighted by Crippen LogP contribution is 2.32. The minimum atomic E-state index is -4.72. The number of aromatic nitrogens is 1. The minimum Gasteiger partial charge on any atom is -0.481 e. The van der Waals surface area contributed by atoms with Gasteiger partial charge in [-0.2, -0.15) is 13.2 Å². The fourth-order valence-corrected chi connectivity index (χ4v) is 2.85. The number of alkyl halides is 3. The summed E-state index contributed by atoms with van der Waals surface area (Å²) < 4.78 is 37.3. The molecule has 0 saturated heterocycles. The minimum absolute atomic E-state index is 0.452. The molecule has 0 saturated carbocycles. The van der Waals surface area contributed by atoms with Gasteiger partial charge in [-0.15, -0.1) is 11.3 Å². The quantitative estimate of drug-likeness (QED) is 0.855. The number of hydrogen-bond donors (Lipinski definition) is 1. The highest BCUT2D eigenvalue weighted by atomic mass is 32.2. The molecule has 1 rings (SSSR count). The van der Waals surface area contributed by atoms with Crippen molar-refractivity contribution in [2.24, 2.45) is 5.92 Å². The van der Waals surface area contributed by atoms with E-state index >= 15 is 0 Å². The first-order valence-electron chi connectivity index (χ1n) is 4.15. The van der Waals surface area contributed by atoms with E-state index in [4.69, 9.17) is 5.11 Å². The molecule has 0 aliphatic carbocycles. The number of carboxylic acid groups (broad SMARTS) is 1. The maximum atomic E-state index is 12.3. The van der Waals surface area contributed by atoms with Gasteiger partial charge >= 0.3 is 12.1 Å². The first kappa shape index (κ1) is 13.3. The molecule has 1 N–H and O–H groups in total. The first-order valence-corrected chi connectivity index (χ1v) is 6.01. The van der Waals surface area contributed by atoms with Crippen LogP contribution in [-0.2, 0) is 4.79 Å². The summed E-state index contributed by atoms with van der Waals surface area (Å²) in [5, 5.41) is 10.1. The van der Waals surface area contributed by atoms with Gasteiger partial charge in [-0.1, -0.05) is 11.8 Å². The molecule has 90 valence electrons. The topological polar surface area (TPSA) is 50.2 Å². The molecule has 0 radical (unpaired) electrons. The summed E-state index contributed by atoms with van der Waals surface area (Å²) in [5.74, 6) is -4.75. The molecule has 0 fully saturated rings. The molecule has 1 unspecified atom stereocenters. The second kappa shape index (κ2) is 5.05. The van der Waals surface area contributed by atoms with Crippen molar-refractivity contribution >= 4 is 29.1 Å². The Morgan fingerprint density at radius 2 is 2.31 bits per heavy atom. The van der Waals surface area contributed by atoms with Crippen LogP contribution in [-0.4, -0.2) is 28.0 Å².